The Bertz CT molecular complexity index is 773. The lowest BCUT2D eigenvalue weighted by Gasteiger charge is -2.27. The van der Waals surface area contributed by atoms with Crippen molar-refractivity contribution in [2.75, 3.05) is 31.6 Å². The van der Waals surface area contributed by atoms with Gasteiger partial charge in [-0.2, -0.15) is 4.31 Å². The highest BCUT2D eigenvalue weighted by Gasteiger charge is 2.29. The van der Waals surface area contributed by atoms with Gasteiger partial charge in [-0.25, -0.2) is 8.42 Å². The molecule has 1 fully saturated rings. The van der Waals surface area contributed by atoms with Crippen LogP contribution in [0, 0.1) is 0 Å². The van der Waals surface area contributed by atoms with Crippen LogP contribution in [0.15, 0.2) is 23.1 Å². The molecular formula is C18H27N3O5S. The van der Waals surface area contributed by atoms with Gasteiger partial charge in [-0.1, -0.05) is 6.42 Å². The zero-order valence-electron chi connectivity index (χ0n) is 15.8. The van der Waals surface area contributed by atoms with Crippen molar-refractivity contribution in [2.45, 2.75) is 44.4 Å². The molecule has 2 amide bonds. The first-order valence-electron chi connectivity index (χ1n) is 9.16. The Balaban J connectivity index is 2.20. The zero-order chi connectivity index (χ0) is 19.9. The molecule has 0 aromatic heterocycles. The van der Waals surface area contributed by atoms with Crippen molar-refractivity contribution in [2.24, 2.45) is 0 Å². The first kappa shape index (κ1) is 21.2. The maximum Gasteiger partial charge on any atom is 0.246 e. The van der Waals surface area contributed by atoms with Crippen molar-refractivity contribution >= 4 is 27.5 Å². The first-order valence-corrected chi connectivity index (χ1v) is 10.6. The molecule has 150 valence electrons. The van der Waals surface area contributed by atoms with Gasteiger partial charge in [-0.05, 0) is 38.0 Å². The fourth-order valence-electron chi connectivity index (χ4n) is 2.88. The maximum absolute atomic E-state index is 13.1. The average molecular weight is 397 g/mol. The van der Waals surface area contributed by atoms with E-state index in [1.807, 2.05) is 0 Å². The minimum absolute atomic E-state index is 0.0610. The Morgan fingerprint density at radius 3 is 2.52 bits per heavy atom. The molecule has 1 aromatic carbocycles. The number of ether oxygens (including phenoxy) is 1. The largest absolute Gasteiger partial charge is 0.492 e. The molecule has 1 aliphatic rings. The van der Waals surface area contributed by atoms with Gasteiger partial charge in [0.1, 0.15) is 10.6 Å². The van der Waals surface area contributed by atoms with Gasteiger partial charge in [0, 0.05) is 38.7 Å². The van der Waals surface area contributed by atoms with E-state index in [2.05, 4.69) is 10.6 Å². The van der Waals surface area contributed by atoms with Crippen LogP contribution in [0.25, 0.3) is 0 Å². The summed E-state index contributed by atoms with van der Waals surface area (Å²) >= 11 is 0. The average Bonchev–Trinajstić information content (AvgIpc) is 2.63. The number of piperidine rings is 1. The van der Waals surface area contributed by atoms with Crippen LogP contribution in [0.5, 0.6) is 5.75 Å². The fraction of sp³-hybridized carbons (Fsp3) is 0.556. The van der Waals surface area contributed by atoms with Crippen molar-refractivity contribution < 1.29 is 22.7 Å². The second-order valence-corrected chi connectivity index (χ2v) is 8.25. The minimum atomic E-state index is -3.70. The van der Waals surface area contributed by atoms with Crippen LogP contribution in [-0.2, 0) is 19.6 Å². The number of nitrogens with zero attached hydrogens (tertiary/aromatic N) is 1. The number of anilines is 1. The van der Waals surface area contributed by atoms with E-state index in [1.165, 1.54) is 17.3 Å². The van der Waals surface area contributed by atoms with Crippen molar-refractivity contribution in [1.82, 2.24) is 9.62 Å². The highest BCUT2D eigenvalue weighted by atomic mass is 32.2. The van der Waals surface area contributed by atoms with E-state index < -0.39 is 10.0 Å². The molecule has 0 saturated carbocycles. The molecule has 27 heavy (non-hydrogen) atoms. The second-order valence-electron chi connectivity index (χ2n) is 6.34. The fourth-order valence-corrected chi connectivity index (χ4v) is 4.56. The van der Waals surface area contributed by atoms with Crippen LogP contribution < -0.4 is 15.4 Å². The highest BCUT2D eigenvalue weighted by Crippen LogP contribution is 2.31. The van der Waals surface area contributed by atoms with Gasteiger partial charge in [0.25, 0.3) is 0 Å². The van der Waals surface area contributed by atoms with E-state index in [-0.39, 0.29) is 35.4 Å². The van der Waals surface area contributed by atoms with Gasteiger partial charge in [0.15, 0.2) is 0 Å². The molecule has 0 unspecified atom stereocenters. The Labute approximate surface area is 160 Å². The van der Waals surface area contributed by atoms with Crippen LogP contribution in [0.3, 0.4) is 0 Å². The van der Waals surface area contributed by atoms with Crippen LogP contribution >= 0.6 is 0 Å². The number of hydrogen-bond donors (Lipinski definition) is 2. The summed E-state index contributed by atoms with van der Waals surface area (Å²) in [6.45, 7) is 4.70. The van der Waals surface area contributed by atoms with Gasteiger partial charge < -0.3 is 15.4 Å². The topological polar surface area (TPSA) is 105 Å². The van der Waals surface area contributed by atoms with E-state index in [9.17, 15) is 18.0 Å². The van der Waals surface area contributed by atoms with Crippen LogP contribution in [-0.4, -0.2) is 50.8 Å². The molecule has 0 aliphatic carbocycles. The molecule has 0 spiro atoms. The van der Waals surface area contributed by atoms with Gasteiger partial charge >= 0.3 is 0 Å². The predicted octanol–water partition coefficient (Wildman–Crippen LogP) is 1.72. The van der Waals surface area contributed by atoms with Gasteiger partial charge in [-0.15, -0.1) is 0 Å². The minimum Gasteiger partial charge on any atom is -0.492 e. The summed E-state index contributed by atoms with van der Waals surface area (Å²) in [5.74, 6) is -0.243. The van der Waals surface area contributed by atoms with E-state index in [1.54, 1.807) is 19.1 Å². The van der Waals surface area contributed by atoms with Crippen LogP contribution in [0.2, 0.25) is 0 Å². The summed E-state index contributed by atoms with van der Waals surface area (Å²) in [6.07, 6.45) is 2.79. The molecular weight excluding hydrogens is 370 g/mol. The van der Waals surface area contributed by atoms with Crippen molar-refractivity contribution in [3.05, 3.63) is 18.2 Å². The molecule has 9 heteroatoms. The quantitative estimate of drug-likeness (QED) is 0.695. The summed E-state index contributed by atoms with van der Waals surface area (Å²) in [4.78, 5) is 22.9. The predicted molar refractivity (Wildman–Crippen MR) is 102 cm³/mol. The second kappa shape index (κ2) is 9.70. The molecule has 0 atom stereocenters. The third kappa shape index (κ3) is 5.93. The Morgan fingerprint density at radius 1 is 1.19 bits per heavy atom. The first-order chi connectivity index (χ1) is 12.8. The molecule has 1 saturated heterocycles. The van der Waals surface area contributed by atoms with E-state index in [4.69, 9.17) is 4.74 Å². The Morgan fingerprint density at radius 2 is 1.89 bits per heavy atom. The summed E-state index contributed by atoms with van der Waals surface area (Å²) in [5.41, 5.74) is 0.377. The Hall–Kier alpha value is -2.13. The summed E-state index contributed by atoms with van der Waals surface area (Å²) in [5, 5.41) is 5.22. The molecule has 0 bridgehead atoms. The van der Waals surface area contributed by atoms with Crippen molar-refractivity contribution in [3.63, 3.8) is 0 Å². The zero-order valence-corrected chi connectivity index (χ0v) is 16.6. The third-order valence-corrected chi connectivity index (χ3v) is 6.11. The van der Waals surface area contributed by atoms with E-state index in [0.29, 0.717) is 25.4 Å². The molecule has 8 nitrogen and oxygen atoms in total. The molecule has 1 aromatic rings. The molecule has 1 aliphatic heterocycles. The van der Waals surface area contributed by atoms with Gasteiger partial charge in [-0.3, -0.25) is 9.59 Å². The smallest absolute Gasteiger partial charge is 0.246 e. The third-order valence-electron chi connectivity index (χ3n) is 4.19. The van der Waals surface area contributed by atoms with Gasteiger partial charge in [0.05, 0.1) is 6.61 Å². The van der Waals surface area contributed by atoms with Crippen molar-refractivity contribution in [3.8, 4) is 5.75 Å². The standard InChI is InChI=1S/C18H27N3O5S/c1-3-26-16-8-7-15(20-18(23)9-10-19-14(2)22)13-17(16)27(24,25)21-11-5-4-6-12-21/h7-8,13H,3-6,9-12H2,1-2H3,(H,19,22)(H,20,23). The normalized spacial score (nSPS) is 15.2. The lowest BCUT2D eigenvalue weighted by Crippen LogP contribution is -2.35. The Kier molecular flexibility index (Phi) is 7.61. The maximum atomic E-state index is 13.1. The van der Waals surface area contributed by atoms with E-state index in [0.717, 1.165) is 19.3 Å². The summed E-state index contributed by atoms with van der Waals surface area (Å²) in [6, 6.07) is 4.60. The SMILES string of the molecule is CCOc1ccc(NC(=O)CCNC(C)=O)cc1S(=O)(=O)N1CCCCC1. The van der Waals surface area contributed by atoms with Crippen molar-refractivity contribution in [1.29, 1.82) is 0 Å². The van der Waals surface area contributed by atoms with Gasteiger partial charge in [0.2, 0.25) is 21.8 Å². The molecule has 2 rings (SSSR count). The molecule has 2 N–H and O–H groups in total. The van der Waals surface area contributed by atoms with Crippen LogP contribution in [0.1, 0.15) is 39.5 Å². The lowest BCUT2D eigenvalue weighted by molar-refractivity contribution is -0.119. The number of carbonyl (C=O) groups excluding carboxylic acids is 2. The number of benzene rings is 1. The number of amides is 2. The molecule has 1 heterocycles. The van der Waals surface area contributed by atoms with Crippen LogP contribution in [0.4, 0.5) is 5.69 Å². The monoisotopic (exact) mass is 397 g/mol. The summed E-state index contributed by atoms with van der Waals surface area (Å²) in [7, 11) is -3.70. The summed E-state index contributed by atoms with van der Waals surface area (Å²) < 4.78 is 33.1. The number of sulfonamides is 1. The molecule has 0 radical (unpaired) electrons. The lowest BCUT2D eigenvalue weighted by atomic mass is 10.2. The number of rotatable bonds is 8. The number of carbonyl (C=O) groups is 2. The number of nitrogens with one attached hydrogen (secondary N) is 2. The van der Waals surface area contributed by atoms with E-state index >= 15 is 0 Å². The highest BCUT2D eigenvalue weighted by molar-refractivity contribution is 7.89. The number of hydrogen-bond acceptors (Lipinski definition) is 5.